The van der Waals surface area contributed by atoms with E-state index in [0.717, 1.165) is 10.9 Å². The predicted octanol–water partition coefficient (Wildman–Crippen LogP) is 4.93. The van der Waals surface area contributed by atoms with Gasteiger partial charge in [-0.05, 0) is 61.4 Å². The fraction of sp³-hybridized carbons (Fsp3) is 0.105. The van der Waals surface area contributed by atoms with Gasteiger partial charge in [0.15, 0.2) is 0 Å². The monoisotopic (exact) mass is 342 g/mol. The highest BCUT2D eigenvalue weighted by Gasteiger charge is 2.08. The van der Waals surface area contributed by atoms with Crippen molar-refractivity contribution in [2.24, 2.45) is 0 Å². The second-order valence-corrected chi connectivity index (χ2v) is 5.84. The number of halogens is 2. The molecule has 4 aromatic rings. The van der Waals surface area contributed by atoms with Gasteiger partial charge in [-0.1, -0.05) is 0 Å². The maximum atomic E-state index is 13.1. The minimum Gasteiger partial charge on any atom is -0.477 e. The van der Waals surface area contributed by atoms with E-state index in [1.54, 1.807) is 26.0 Å². The normalized spacial score (nSPS) is 10.7. The largest absolute Gasteiger partial charge is 0.477 e. The van der Waals surface area contributed by atoms with Crippen molar-refractivity contribution in [2.75, 3.05) is 0 Å². The van der Waals surface area contributed by atoms with Crippen LogP contribution in [0.4, 0.5) is 8.78 Å². The summed E-state index contributed by atoms with van der Waals surface area (Å²) < 4.78 is 26.0. The second-order valence-electron chi connectivity index (χ2n) is 5.84. The first-order valence-electron chi connectivity index (χ1n) is 7.60. The summed E-state index contributed by atoms with van der Waals surface area (Å²) in [5.41, 5.74) is 2.88. The standard InChI is InChI=1S/C10H8FNO2.C9H8FN/c1-5-2-8-6(3-7(5)11)4-9(12-8)10(13)14;1-6-4-9-7(2-3-11-9)5-8(6)10/h2-4,12H,1H3,(H,13,14);2-5,11H,1H3. The zero-order chi connectivity index (χ0) is 18.1. The molecule has 25 heavy (non-hydrogen) atoms. The van der Waals surface area contributed by atoms with Crippen molar-refractivity contribution in [1.29, 1.82) is 0 Å². The highest BCUT2D eigenvalue weighted by atomic mass is 19.1. The number of aryl methyl sites for hydroxylation is 2. The van der Waals surface area contributed by atoms with Gasteiger partial charge in [0.1, 0.15) is 17.3 Å². The van der Waals surface area contributed by atoms with Crippen LogP contribution in [0.3, 0.4) is 0 Å². The lowest BCUT2D eigenvalue weighted by atomic mass is 10.2. The highest BCUT2D eigenvalue weighted by Crippen LogP contribution is 2.19. The number of carbonyl (C=O) groups is 1. The Balaban J connectivity index is 0.000000150. The molecule has 0 saturated carbocycles. The molecule has 0 unspecified atom stereocenters. The highest BCUT2D eigenvalue weighted by molar-refractivity contribution is 5.93. The van der Waals surface area contributed by atoms with Crippen LogP contribution in [0.25, 0.3) is 21.8 Å². The van der Waals surface area contributed by atoms with Crippen LogP contribution in [0.5, 0.6) is 0 Å². The third kappa shape index (κ3) is 3.38. The lowest BCUT2D eigenvalue weighted by molar-refractivity contribution is 0.0691. The fourth-order valence-electron chi connectivity index (χ4n) is 2.56. The first-order chi connectivity index (χ1) is 11.8. The summed E-state index contributed by atoms with van der Waals surface area (Å²) >= 11 is 0. The molecule has 6 heteroatoms. The van der Waals surface area contributed by atoms with E-state index in [2.05, 4.69) is 9.97 Å². The van der Waals surface area contributed by atoms with E-state index in [-0.39, 0.29) is 17.3 Å². The molecular weight excluding hydrogens is 326 g/mol. The number of carboxylic acids is 1. The van der Waals surface area contributed by atoms with Crippen LogP contribution >= 0.6 is 0 Å². The van der Waals surface area contributed by atoms with Gasteiger partial charge in [-0.15, -0.1) is 0 Å². The SMILES string of the molecule is Cc1cc2[nH]c(C(=O)O)cc2cc1F.Cc1cc2[nH]ccc2cc1F. The number of H-pyrrole nitrogens is 2. The lowest BCUT2D eigenvalue weighted by Gasteiger charge is -1.94. The van der Waals surface area contributed by atoms with Crippen molar-refractivity contribution in [3.63, 3.8) is 0 Å². The molecule has 0 radical (unpaired) electrons. The molecule has 2 aromatic carbocycles. The molecule has 0 atom stereocenters. The van der Waals surface area contributed by atoms with Crippen LogP contribution in [0, 0.1) is 25.5 Å². The summed E-state index contributed by atoms with van der Waals surface area (Å²) in [5, 5.41) is 10.2. The number of carboxylic acid groups (broad SMARTS) is 1. The van der Waals surface area contributed by atoms with Crippen LogP contribution in [-0.4, -0.2) is 21.0 Å². The van der Waals surface area contributed by atoms with Crippen molar-refractivity contribution < 1.29 is 18.7 Å². The van der Waals surface area contributed by atoms with Crippen LogP contribution in [0.1, 0.15) is 21.6 Å². The van der Waals surface area contributed by atoms with Crippen molar-refractivity contribution in [1.82, 2.24) is 9.97 Å². The number of aromatic nitrogens is 2. The predicted molar refractivity (Wildman–Crippen MR) is 92.9 cm³/mol. The third-order valence-electron chi connectivity index (χ3n) is 3.96. The van der Waals surface area contributed by atoms with E-state index in [1.165, 1.54) is 12.1 Å². The van der Waals surface area contributed by atoms with E-state index in [1.807, 2.05) is 18.3 Å². The van der Waals surface area contributed by atoms with Crippen LogP contribution in [0.15, 0.2) is 42.6 Å². The van der Waals surface area contributed by atoms with Gasteiger partial charge in [-0.3, -0.25) is 0 Å². The van der Waals surface area contributed by atoms with Gasteiger partial charge in [0.25, 0.3) is 0 Å². The van der Waals surface area contributed by atoms with Gasteiger partial charge in [0.05, 0.1) is 0 Å². The van der Waals surface area contributed by atoms with E-state index in [9.17, 15) is 13.6 Å². The first-order valence-corrected chi connectivity index (χ1v) is 7.60. The Morgan fingerprint density at radius 1 is 0.920 bits per heavy atom. The molecule has 2 aromatic heterocycles. The Hall–Kier alpha value is -3.15. The Morgan fingerprint density at radius 2 is 1.52 bits per heavy atom. The van der Waals surface area contributed by atoms with Crippen LogP contribution in [-0.2, 0) is 0 Å². The molecule has 0 spiro atoms. The number of fused-ring (bicyclic) bond motifs is 2. The number of hydrogen-bond acceptors (Lipinski definition) is 1. The molecule has 2 heterocycles. The van der Waals surface area contributed by atoms with Gasteiger partial charge < -0.3 is 15.1 Å². The topological polar surface area (TPSA) is 68.9 Å². The van der Waals surface area contributed by atoms with Crippen LogP contribution in [0.2, 0.25) is 0 Å². The Kier molecular flexibility index (Phi) is 4.27. The van der Waals surface area contributed by atoms with Gasteiger partial charge >= 0.3 is 5.97 Å². The fourth-order valence-corrected chi connectivity index (χ4v) is 2.56. The summed E-state index contributed by atoms with van der Waals surface area (Å²) in [6, 6.07) is 9.55. The molecule has 0 fully saturated rings. The smallest absolute Gasteiger partial charge is 0.352 e. The second kappa shape index (κ2) is 6.39. The van der Waals surface area contributed by atoms with Gasteiger partial charge in [-0.2, -0.15) is 0 Å². The van der Waals surface area contributed by atoms with Crippen molar-refractivity contribution >= 4 is 27.8 Å². The molecule has 0 aliphatic heterocycles. The first kappa shape index (κ1) is 16.7. The lowest BCUT2D eigenvalue weighted by Crippen LogP contribution is -1.94. The summed E-state index contributed by atoms with van der Waals surface area (Å²) in [6.45, 7) is 3.39. The average molecular weight is 342 g/mol. The molecule has 4 rings (SSSR count). The van der Waals surface area contributed by atoms with Crippen molar-refractivity contribution in [3.05, 3.63) is 71.1 Å². The van der Waals surface area contributed by atoms with E-state index < -0.39 is 5.97 Å². The zero-order valence-electron chi connectivity index (χ0n) is 13.7. The Bertz CT molecular complexity index is 1000. The molecular formula is C19H16F2N2O2. The third-order valence-corrected chi connectivity index (χ3v) is 3.96. The average Bonchev–Trinajstić information content (AvgIpc) is 3.15. The van der Waals surface area contributed by atoms with Crippen molar-refractivity contribution in [3.8, 4) is 0 Å². The number of aromatic carboxylic acids is 1. The summed E-state index contributed by atoms with van der Waals surface area (Å²) in [4.78, 5) is 16.3. The molecule has 0 aliphatic carbocycles. The zero-order valence-corrected chi connectivity index (χ0v) is 13.7. The number of rotatable bonds is 1. The maximum absolute atomic E-state index is 13.1. The maximum Gasteiger partial charge on any atom is 0.352 e. The van der Waals surface area contributed by atoms with Gasteiger partial charge in [0, 0.05) is 28.0 Å². The number of benzene rings is 2. The Morgan fingerprint density at radius 3 is 2.16 bits per heavy atom. The summed E-state index contributed by atoms with van der Waals surface area (Å²) in [6.07, 6.45) is 1.81. The van der Waals surface area contributed by atoms with E-state index in [0.29, 0.717) is 22.0 Å². The van der Waals surface area contributed by atoms with Gasteiger partial charge in [0.2, 0.25) is 0 Å². The minimum atomic E-state index is -1.04. The molecule has 0 amide bonds. The number of nitrogens with one attached hydrogen (secondary N) is 2. The van der Waals surface area contributed by atoms with Crippen LogP contribution < -0.4 is 0 Å². The minimum absolute atomic E-state index is 0.0741. The quantitative estimate of drug-likeness (QED) is 0.459. The molecule has 0 bridgehead atoms. The number of hydrogen-bond donors (Lipinski definition) is 3. The van der Waals surface area contributed by atoms with E-state index >= 15 is 0 Å². The molecule has 0 saturated heterocycles. The number of aromatic amines is 2. The Labute approximate surface area is 142 Å². The van der Waals surface area contributed by atoms with Crippen molar-refractivity contribution in [2.45, 2.75) is 13.8 Å². The van der Waals surface area contributed by atoms with E-state index in [4.69, 9.17) is 5.11 Å². The molecule has 4 nitrogen and oxygen atoms in total. The summed E-state index contributed by atoms with van der Waals surface area (Å²) in [7, 11) is 0. The summed E-state index contributed by atoms with van der Waals surface area (Å²) in [5.74, 6) is -1.51. The molecule has 3 N–H and O–H groups in total. The molecule has 0 aliphatic rings. The van der Waals surface area contributed by atoms with Gasteiger partial charge in [-0.25, -0.2) is 13.6 Å². The molecule has 128 valence electrons.